The summed E-state index contributed by atoms with van der Waals surface area (Å²) in [5.74, 6) is 1.53. The molecule has 0 aliphatic carbocycles. The lowest BCUT2D eigenvalue weighted by molar-refractivity contribution is 0.288. The van der Waals surface area contributed by atoms with E-state index in [1.54, 1.807) is 7.11 Å². The molecule has 0 fully saturated rings. The summed E-state index contributed by atoms with van der Waals surface area (Å²) >= 11 is 0. The number of benzene rings is 1. The summed E-state index contributed by atoms with van der Waals surface area (Å²) in [5.41, 5.74) is 1.16. The topological polar surface area (TPSA) is 18.5 Å². The van der Waals surface area contributed by atoms with E-state index in [9.17, 15) is 4.39 Å². The van der Waals surface area contributed by atoms with E-state index >= 15 is 0 Å². The smallest absolute Gasteiger partial charge is 0.123 e. The standard InChI is InChI=1S/C12H17FO2/c1-3-10-7-11(14-2)9-12(8-10)15-6-4-5-13/h7-9H,3-6H2,1-2H3. The summed E-state index contributed by atoms with van der Waals surface area (Å²) < 4.78 is 22.4. The quantitative estimate of drug-likeness (QED) is 0.675. The zero-order valence-corrected chi connectivity index (χ0v) is 9.25. The van der Waals surface area contributed by atoms with Gasteiger partial charge in [0.05, 0.1) is 20.4 Å². The first kappa shape index (κ1) is 11.8. The summed E-state index contributed by atoms with van der Waals surface area (Å²) in [6.45, 7) is 2.14. The average molecular weight is 212 g/mol. The lowest BCUT2D eigenvalue weighted by Gasteiger charge is -2.09. The fraction of sp³-hybridized carbons (Fsp3) is 0.500. The van der Waals surface area contributed by atoms with Gasteiger partial charge in [-0.15, -0.1) is 0 Å². The van der Waals surface area contributed by atoms with Gasteiger partial charge in [-0.05, 0) is 24.1 Å². The number of hydrogen-bond donors (Lipinski definition) is 0. The molecule has 0 saturated carbocycles. The van der Waals surface area contributed by atoms with E-state index in [2.05, 4.69) is 6.92 Å². The third-order valence-corrected chi connectivity index (χ3v) is 2.13. The molecule has 84 valence electrons. The molecule has 0 spiro atoms. The molecule has 15 heavy (non-hydrogen) atoms. The van der Waals surface area contributed by atoms with Gasteiger partial charge in [0.1, 0.15) is 11.5 Å². The Labute approximate surface area is 90.0 Å². The van der Waals surface area contributed by atoms with Crippen molar-refractivity contribution in [1.82, 2.24) is 0 Å². The van der Waals surface area contributed by atoms with Crippen LogP contribution in [0, 0.1) is 0 Å². The molecule has 0 radical (unpaired) electrons. The van der Waals surface area contributed by atoms with Crippen LogP contribution < -0.4 is 9.47 Å². The fourth-order valence-corrected chi connectivity index (χ4v) is 1.28. The Balaban J connectivity index is 2.68. The molecule has 0 N–H and O–H groups in total. The fourth-order valence-electron chi connectivity index (χ4n) is 1.28. The lowest BCUT2D eigenvalue weighted by atomic mass is 10.1. The molecule has 0 aliphatic rings. The number of methoxy groups -OCH3 is 1. The number of hydrogen-bond acceptors (Lipinski definition) is 2. The minimum atomic E-state index is -0.343. The lowest BCUT2D eigenvalue weighted by Crippen LogP contribution is -1.99. The zero-order valence-electron chi connectivity index (χ0n) is 9.25. The molecular formula is C12H17FO2. The van der Waals surface area contributed by atoms with Gasteiger partial charge < -0.3 is 9.47 Å². The highest BCUT2D eigenvalue weighted by Crippen LogP contribution is 2.23. The van der Waals surface area contributed by atoms with Gasteiger partial charge in [-0.2, -0.15) is 0 Å². The van der Waals surface area contributed by atoms with E-state index in [0.717, 1.165) is 23.5 Å². The van der Waals surface area contributed by atoms with Crippen molar-refractivity contribution in [3.05, 3.63) is 23.8 Å². The van der Waals surface area contributed by atoms with Gasteiger partial charge >= 0.3 is 0 Å². The molecule has 0 unspecified atom stereocenters. The van der Waals surface area contributed by atoms with E-state index in [4.69, 9.17) is 9.47 Å². The van der Waals surface area contributed by atoms with Crippen molar-refractivity contribution in [2.24, 2.45) is 0 Å². The van der Waals surface area contributed by atoms with Crippen molar-refractivity contribution in [3.63, 3.8) is 0 Å². The molecule has 1 aromatic carbocycles. The summed E-state index contributed by atoms with van der Waals surface area (Å²) in [6.07, 6.45) is 1.36. The van der Waals surface area contributed by atoms with Crippen LogP contribution in [0.25, 0.3) is 0 Å². The van der Waals surface area contributed by atoms with E-state index in [1.165, 1.54) is 0 Å². The first-order valence-corrected chi connectivity index (χ1v) is 5.17. The maximum atomic E-state index is 11.9. The highest BCUT2D eigenvalue weighted by molar-refractivity contribution is 5.38. The number of halogens is 1. The van der Waals surface area contributed by atoms with E-state index < -0.39 is 0 Å². The predicted octanol–water partition coefficient (Wildman–Crippen LogP) is 3.00. The molecule has 0 bridgehead atoms. The third-order valence-electron chi connectivity index (χ3n) is 2.13. The molecule has 2 nitrogen and oxygen atoms in total. The Morgan fingerprint density at radius 2 is 1.93 bits per heavy atom. The maximum absolute atomic E-state index is 11.9. The second-order valence-electron chi connectivity index (χ2n) is 3.26. The van der Waals surface area contributed by atoms with E-state index in [1.807, 2.05) is 18.2 Å². The summed E-state index contributed by atoms with van der Waals surface area (Å²) in [6, 6.07) is 5.75. The van der Waals surface area contributed by atoms with Gasteiger partial charge in [-0.3, -0.25) is 4.39 Å². The second kappa shape index (κ2) is 6.27. The van der Waals surface area contributed by atoms with Crippen molar-refractivity contribution in [2.75, 3.05) is 20.4 Å². The zero-order chi connectivity index (χ0) is 11.1. The number of alkyl halides is 1. The molecule has 0 atom stereocenters. The van der Waals surface area contributed by atoms with Crippen LogP contribution in [0.4, 0.5) is 4.39 Å². The van der Waals surface area contributed by atoms with Crippen LogP contribution in [-0.2, 0) is 6.42 Å². The summed E-state index contributed by atoms with van der Waals surface area (Å²) in [7, 11) is 1.63. The van der Waals surface area contributed by atoms with Gasteiger partial charge in [0.25, 0.3) is 0 Å². The molecule has 0 saturated heterocycles. The second-order valence-corrected chi connectivity index (χ2v) is 3.26. The monoisotopic (exact) mass is 212 g/mol. The van der Waals surface area contributed by atoms with Crippen molar-refractivity contribution in [1.29, 1.82) is 0 Å². The minimum Gasteiger partial charge on any atom is -0.497 e. The van der Waals surface area contributed by atoms with Crippen LogP contribution in [0.3, 0.4) is 0 Å². The molecule has 0 aromatic heterocycles. The largest absolute Gasteiger partial charge is 0.497 e. The van der Waals surface area contributed by atoms with E-state index in [0.29, 0.717) is 13.0 Å². The summed E-state index contributed by atoms with van der Waals surface area (Å²) in [4.78, 5) is 0. The molecule has 0 amide bonds. The Hall–Kier alpha value is -1.25. The van der Waals surface area contributed by atoms with Crippen molar-refractivity contribution >= 4 is 0 Å². The van der Waals surface area contributed by atoms with Gasteiger partial charge in [0.2, 0.25) is 0 Å². The SMILES string of the molecule is CCc1cc(OC)cc(OCCCF)c1. The van der Waals surface area contributed by atoms with Crippen molar-refractivity contribution in [3.8, 4) is 11.5 Å². The summed E-state index contributed by atoms with van der Waals surface area (Å²) in [5, 5.41) is 0. The number of ether oxygens (including phenoxy) is 2. The van der Waals surface area contributed by atoms with Crippen molar-refractivity contribution < 1.29 is 13.9 Å². The Morgan fingerprint density at radius 3 is 2.53 bits per heavy atom. The highest BCUT2D eigenvalue weighted by atomic mass is 19.1. The number of rotatable bonds is 6. The molecule has 0 heterocycles. The van der Waals surface area contributed by atoms with Gasteiger partial charge in [-0.25, -0.2) is 0 Å². The van der Waals surface area contributed by atoms with Crippen LogP contribution in [0.15, 0.2) is 18.2 Å². The first-order valence-electron chi connectivity index (χ1n) is 5.17. The van der Waals surface area contributed by atoms with Crippen molar-refractivity contribution in [2.45, 2.75) is 19.8 Å². The van der Waals surface area contributed by atoms with Crippen LogP contribution >= 0.6 is 0 Å². The first-order chi connectivity index (χ1) is 7.30. The minimum absolute atomic E-state index is 0.343. The van der Waals surface area contributed by atoms with Gasteiger partial charge in [0.15, 0.2) is 0 Å². The van der Waals surface area contributed by atoms with Gasteiger partial charge in [-0.1, -0.05) is 6.92 Å². The Kier molecular flexibility index (Phi) is 4.95. The molecular weight excluding hydrogens is 195 g/mol. The Bertz CT molecular complexity index is 277. The Morgan fingerprint density at radius 1 is 1.20 bits per heavy atom. The van der Waals surface area contributed by atoms with Crippen LogP contribution in [-0.4, -0.2) is 20.4 Å². The molecule has 3 heteroatoms. The third kappa shape index (κ3) is 3.78. The average Bonchev–Trinajstić information content (AvgIpc) is 2.29. The van der Waals surface area contributed by atoms with Gasteiger partial charge in [0, 0.05) is 12.5 Å². The molecule has 0 aliphatic heterocycles. The number of aryl methyl sites for hydroxylation is 1. The normalized spacial score (nSPS) is 10.1. The van der Waals surface area contributed by atoms with Crippen LogP contribution in [0.5, 0.6) is 11.5 Å². The molecule has 1 aromatic rings. The molecule has 1 rings (SSSR count). The predicted molar refractivity (Wildman–Crippen MR) is 58.5 cm³/mol. The maximum Gasteiger partial charge on any atom is 0.123 e. The van der Waals surface area contributed by atoms with Crippen LogP contribution in [0.1, 0.15) is 18.9 Å². The van der Waals surface area contributed by atoms with E-state index in [-0.39, 0.29) is 6.67 Å². The van der Waals surface area contributed by atoms with Crippen LogP contribution in [0.2, 0.25) is 0 Å². The highest BCUT2D eigenvalue weighted by Gasteiger charge is 2.01.